The molecule has 0 amide bonds. The summed E-state index contributed by atoms with van der Waals surface area (Å²) in [5.74, 6) is 0. The fourth-order valence-corrected chi connectivity index (χ4v) is 2.96. The number of likely N-dealkylation sites (tertiary alicyclic amines) is 1. The van der Waals surface area contributed by atoms with Gasteiger partial charge in [0.2, 0.25) is 0 Å². The van der Waals surface area contributed by atoms with Crippen molar-refractivity contribution >= 4 is 15.9 Å². The van der Waals surface area contributed by atoms with E-state index in [9.17, 15) is 0 Å². The molecule has 19 heavy (non-hydrogen) atoms. The molecule has 0 spiro atoms. The van der Waals surface area contributed by atoms with Gasteiger partial charge in [0, 0.05) is 23.7 Å². The minimum atomic E-state index is 0.286. The molecule has 1 fully saturated rings. The van der Waals surface area contributed by atoms with E-state index in [0.29, 0.717) is 6.04 Å². The highest BCUT2D eigenvalue weighted by molar-refractivity contribution is 9.10. The highest BCUT2D eigenvalue weighted by Crippen LogP contribution is 2.20. The summed E-state index contributed by atoms with van der Waals surface area (Å²) in [5.41, 5.74) is 1.37. The Morgan fingerprint density at radius 3 is 2.68 bits per heavy atom. The second-order valence-electron chi connectivity index (χ2n) is 5.17. The fourth-order valence-electron chi connectivity index (χ4n) is 2.55. The first-order valence-corrected chi connectivity index (χ1v) is 7.89. The Morgan fingerprint density at radius 1 is 1.26 bits per heavy atom. The molecule has 1 aromatic carbocycles. The van der Waals surface area contributed by atoms with Crippen LogP contribution in [0.5, 0.6) is 0 Å². The van der Waals surface area contributed by atoms with Crippen LogP contribution in [0.4, 0.5) is 0 Å². The third-order valence-corrected chi connectivity index (χ3v) is 4.48. The second-order valence-corrected chi connectivity index (χ2v) is 6.03. The van der Waals surface area contributed by atoms with Crippen molar-refractivity contribution in [1.29, 1.82) is 0 Å². The van der Waals surface area contributed by atoms with Crippen molar-refractivity contribution in [2.75, 3.05) is 26.2 Å². The maximum atomic E-state index is 8.78. The first-order chi connectivity index (χ1) is 9.29. The van der Waals surface area contributed by atoms with E-state index < -0.39 is 0 Å². The van der Waals surface area contributed by atoms with Crippen molar-refractivity contribution in [2.45, 2.75) is 31.8 Å². The number of nitrogens with one attached hydrogen (secondary N) is 1. The zero-order valence-corrected chi connectivity index (χ0v) is 12.9. The predicted octanol–water partition coefficient (Wildman–Crippen LogP) is 2.39. The van der Waals surface area contributed by atoms with Gasteiger partial charge in [-0.2, -0.15) is 0 Å². The van der Waals surface area contributed by atoms with E-state index in [0.717, 1.165) is 32.6 Å². The molecule has 1 saturated heterocycles. The van der Waals surface area contributed by atoms with Gasteiger partial charge in [0.05, 0.1) is 0 Å². The number of piperidine rings is 1. The Bertz CT molecular complexity index is 378. The minimum absolute atomic E-state index is 0.286. The van der Waals surface area contributed by atoms with Crippen LogP contribution in [0.15, 0.2) is 28.7 Å². The standard InChI is InChI=1S/C15H23BrN2O/c16-15-5-2-1-4-13(15)12-18-9-6-14(7-10-18)17-8-3-11-19/h1-2,4-5,14,17,19H,3,6-12H2. The summed E-state index contributed by atoms with van der Waals surface area (Å²) in [5, 5.41) is 12.3. The van der Waals surface area contributed by atoms with Crippen molar-refractivity contribution in [2.24, 2.45) is 0 Å². The first kappa shape index (κ1) is 15.0. The zero-order chi connectivity index (χ0) is 13.5. The summed E-state index contributed by atoms with van der Waals surface area (Å²) in [6.07, 6.45) is 3.27. The molecule has 0 radical (unpaired) electrons. The molecule has 1 aliphatic heterocycles. The molecule has 3 nitrogen and oxygen atoms in total. The number of hydrogen-bond acceptors (Lipinski definition) is 3. The van der Waals surface area contributed by atoms with Crippen molar-refractivity contribution < 1.29 is 5.11 Å². The lowest BCUT2D eigenvalue weighted by atomic mass is 10.0. The maximum Gasteiger partial charge on any atom is 0.0443 e. The number of aliphatic hydroxyl groups excluding tert-OH is 1. The van der Waals surface area contributed by atoms with Crippen LogP contribution in [0.25, 0.3) is 0 Å². The number of hydrogen-bond donors (Lipinski definition) is 2. The minimum Gasteiger partial charge on any atom is -0.396 e. The monoisotopic (exact) mass is 326 g/mol. The van der Waals surface area contributed by atoms with E-state index in [1.807, 2.05) is 0 Å². The molecule has 0 saturated carbocycles. The van der Waals surface area contributed by atoms with Crippen LogP contribution in [0.1, 0.15) is 24.8 Å². The van der Waals surface area contributed by atoms with Crippen molar-refractivity contribution in [3.63, 3.8) is 0 Å². The van der Waals surface area contributed by atoms with Gasteiger partial charge in [0.1, 0.15) is 0 Å². The van der Waals surface area contributed by atoms with E-state index in [-0.39, 0.29) is 6.61 Å². The van der Waals surface area contributed by atoms with E-state index in [2.05, 4.69) is 50.4 Å². The van der Waals surface area contributed by atoms with Gasteiger partial charge in [-0.3, -0.25) is 4.90 Å². The van der Waals surface area contributed by atoms with Gasteiger partial charge in [-0.1, -0.05) is 34.1 Å². The Labute approximate surface area is 124 Å². The van der Waals surface area contributed by atoms with Crippen molar-refractivity contribution in [1.82, 2.24) is 10.2 Å². The summed E-state index contributed by atoms with van der Waals surface area (Å²) in [4.78, 5) is 2.52. The average Bonchev–Trinajstić information content (AvgIpc) is 2.44. The quantitative estimate of drug-likeness (QED) is 0.788. The lowest BCUT2D eigenvalue weighted by Gasteiger charge is -2.32. The third kappa shape index (κ3) is 4.88. The summed E-state index contributed by atoms with van der Waals surface area (Å²) in [6.45, 7) is 4.56. The van der Waals surface area contributed by atoms with Gasteiger partial charge >= 0.3 is 0 Å². The van der Waals surface area contributed by atoms with Crippen molar-refractivity contribution in [3.05, 3.63) is 34.3 Å². The van der Waals surface area contributed by atoms with E-state index in [1.54, 1.807) is 0 Å². The molecule has 0 unspecified atom stereocenters. The Kier molecular flexibility index (Phi) is 6.31. The largest absolute Gasteiger partial charge is 0.396 e. The molecule has 1 heterocycles. The number of rotatable bonds is 6. The molecule has 0 aromatic heterocycles. The Morgan fingerprint density at radius 2 is 2.00 bits per heavy atom. The van der Waals surface area contributed by atoms with Gasteiger partial charge in [-0.05, 0) is 50.5 Å². The van der Waals surface area contributed by atoms with E-state index in [1.165, 1.54) is 22.9 Å². The van der Waals surface area contributed by atoms with E-state index in [4.69, 9.17) is 5.11 Å². The predicted molar refractivity (Wildman–Crippen MR) is 82.1 cm³/mol. The molecule has 1 aromatic rings. The van der Waals surface area contributed by atoms with Gasteiger partial charge in [-0.25, -0.2) is 0 Å². The fraction of sp³-hybridized carbons (Fsp3) is 0.600. The van der Waals surface area contributed by atoms with Crippen molar-refractivity contribution in [3.8, 4) is 0 Å². The molecule has 106 valence electrons. The molecule has 0 bridgehead atoms. The van der Waals surface area contributed by atoms with Gasteiger partial charge in [0.25, 0.3) is 0 Å². The van der Waals surface area contributed by atoms with Gasteiger partial charge in [0.15, 0.2) is 0 Å². The van der Waals surface area contributed by atoms with Crippen LogP contribution >= 0.6 is 15.9 Å². The molecule has 2 N–H and O–H groups in total. The highest BCUT2D eigenvalue weighted by atomic mass is 79.9. The van der Waals surface area contributed by atoms with Crippen LogP contribution in [0.3, 0.4) is 0 Å². The Hall–Kier alpha value is -0.420. The van der Waals surface area contributed by atoms with Crippen LogP contribution in [-0.4, -0.2) is 42.3 Å². The number of nitrogens with zero attached hydrogens (tertiary/aromatic N) is 1. The molecular weight excluding hydrogens is 304 g/mol. The Balaban J connectivity index is 1.73. The summed E-state index contributed by atoms with van der Waals surface area (Å²) < 4.78 is 1.21. The summed E-state index contributed by atoms with van der Waals surface area (Å²) >= 11 is 3.61. The molecule has 2 rings (SSSR count). The summed E-state index contributed by atoms with van der Waals surface area (Å²) in [7, 11) is 0. The maximum absolute atomic E-state index is 8.78. The molecule has 0 atom stereocenters. The topological polar surface area (TPSA) is 35.5 Å². The highest BCUT2D eigenvalue weighted by Gasteiger charge is 2.18. The normalized spacial score (nSPS) is 17.8. The molecular formula is C15H23BrN2O. The first-order valence-electron chi connectivity index (χ1n) is 7.09. The lowest BCUT2D eigenvalue weighted by molar-refractivity contribution is 0.188. The second kappa shape index (κ2) is 8.00. The zero-order valence-electron chi connectivity index (χ0n) is 11.3. The van der Waals surface area contributed by atoms with Crippen LogP contribution in [-0.2, 0) is 6.54 Å². The van der Waals surface area contributed by atoms with Crippen LogP contribution in [0, 0.1) is 0 Å². The smallest absolute Gasteiger partial charge is 0.0443 e. The molecule has 4 heteroatoms. The van der Waals surface area contributed by atoms with Crippen LogP contribution in [0.2, 0.25) is 0 Å². The number of halogens is 1. The molecule has 0 aliphatic carbocycles. The van der Waals surface area contributed by atoms with Gasteiger partial charge in [-0.15, -0.1) is 0 Å². The molecule has 1 aliphatic rings. The summed E-state index contributed by atoms with van der Waals surface area (Å²) in [6, 6.07) is 9.09. The number of aliphatic hydroxyl groups is 1. The van der Waals surface area contributed by atoms with E-state index >= 15 is 0 Å². The SMILES string of the molecule is OCCCNC1CCN(Cc2ccccc2Br)CC1. The lowest BCUT2D eigenvalue weighted by Crippen LogP contribution is -2.42. The number of benzene rings is 1. The van der Waals surface area contributed by atoms with Gasteiger partial charge < -0.3 is 10.4 Å². The van der Waals surface area contributed by atoms with Crippen LogP contribution < -0.4 is 5.32 Å². The third-order valence-electron chi connectivity index (χ3n) is 3.71. The average molecular weight is 327 g/mol.